The van der Waals surface area contributed by atoms with Crippen molar-refractivity contribution >= 4 is 11.9 Å². The lowest BCUT2D eigenvalue weighted by molar-refractivity contribution is -0.147. The summed E-state index contributed by atoms with van der Waals surface area (Å²) in [7, 11) is 0. The van der Waals surface area contributed by atoms with E-state index in [9.17, 15) is 19.8 Å². The first kappa shape index (κ1) is 24.9. The lowest BCUT2D eigenvalue weighted by Crippen LogP contribution is -2.34. The average Bonchev–Trinajstić information content (AvgIpc) is 2.70. The molecule has 1 atom stereocenters. The second-order valence-corrected chi connectivity index (χ2v) is 7.30. The van der Waals surface area contributed by atoms with E-state index in [0.717, 1.165) is 12.8 Å². The van der Waals surface area contributed by atoms with Gasteiger partial charge in [-0.2, -0.15) is 5.48 Å². The second-order valence-electron chi connectivity index (χ2n) is 7.30. The van der Waals surface area contributed by atoms with Gasteiger partial charge in [-0.05, 0) is 24.1 Å². The van der Waals surface area contributed by atoms with Crippen molar-refractivity contribution in [1.82, 2.24) is 10.8 Å². The summed E-state index contributed by atoms with van der Waals surface area (Å²) in [5.74, 6) is -1.38. The number of carboxylic acid groups (broad SMARTS) is 1. The molecule has 0 aliphatic rings. The highest BCUT2D eigenvalue weighted by Gasteiger charge is 2.20. The number of nitrogens with one attached hydrogen (secondary N) is 2. The van der Waals surface area contributed by atoms with Gasteiger partial charge in [0.1, 0.15) is 12.4 Å². The van der Waals surface area contributed by atoms with Crippen LogP contribution >= 0.6 is 0 Å². The zero-order valence-electron chi connectivity index (χ0n) is 17.5. The molecule has 0 bridgehead atoms. The number of carboxylic acids is 1. The molecule has 0 saturated carbocycles. The molecule has 0 aromatic heterocycles. The van der Waals surface area contributed by atoms with Crippen molar-refractivity contribution < 1.29 is 24.6 Å². The van der Waals surface area contributed by atoms with Crippen LogP contribution < -0.4 is 10.8 Å². The smallest absolute Gasteiger partial charge is 0.327 e. The van der Waals surface area contributed by atoms with E-state index in [1.54, 1.807) is 0 Å². The molecule has 0 aliphatic carbocycles. The molecule has 1 amide bonds. The average molecular weight is 409 g/mol. The normalized spacial score (nSPS) is 11.9. The van der Waals surface area contributed by atoms with E-state index in [0.29, 0.717) is 12.1 Å². The number of aliphatic carboxylic acids is 1. The topological polar surface area (TPSA) is 108 Å². The van der Waals surface area contributed by atoms with Gasteiger partial charge in [0.2, 0.25) is 5.91 Å². The third-order valence-corrected chi connectivity index (χ3v) is 4.73. The Morgan fingerprint density at radius 2 is 1.48 bits per heavy atom. The van der Waals surface area contributed by atoms with Gasteiger partial charge in [0.05, 0.1) is 0 Å². The Balaban J connectivity index is 2.05. The van der Waals surface area contributed by atoms with E-state index in [1.807, 2.05) is 0 Å². The van der Waals surface area contributed by atoms with Gasteiger partial charge in [0.15, 0.2) is 6.04 Å². The van der Waals surface area contributed by atoms with Crippen molar-refractivity contribution in [1.29, 1.82) is 0 Å². The van der Waals surface area contributed by atoms with E-state index < -0.39 is 12.0 Å². The van der Waals surface area contributed by atoms with Gasteiger partial charge in [-0.25, -0.2) is 0 Å². The monoisotopic (exact) mass is 408 g/mol. The Hall–Kier alpha value is -2.12. The Kier molecular flexibility index (Phi) is 13.5. The van der Waals surface area contributed by atoms with Crippen molar-refractivity contribution in [2.45, 2.75) is 77.2 Å². The molecule has 7 heteroatoms. The zero-order valence-corrected chi connectivity index (χ0v) is 17.5. The number of hydroxylamine groups is 1. The van der Waals surface area contributed by atoms with Crippen molar-refractivity contribution in [3.8, 4) is 5.75 Å². The quantitative estimate of drug-likeness (QED) is 0.229. The Bertz CT molecular complexity index is 577. The number of unbranched alkanes of at least 4 members (excludes halogenated alkanes) is 9. The van der Waals surface area contributed by atoms with E-state index in [2.05, 4.69) is 17.7 Å². The van der Waals surface area contributed by atoms with Crippen LogP contribution in [0.5, 0.6) is 5.75 Å². The molecule has 0 fully saturated rings. The number of phenolic OH excluding ortho intramolecular Hbond substituents is 1. The molecule has 1 aromatic rings. The highest BCUT2D eigenvalue weighted by atomic mass is 16.6. The van der Waals surface area contributed by atoms with Crippen molar-refractivity contribution in [2.24, 2.45) is 0 Å². The van der Waals surface area contributed by atoms with E-state index in [-0.39, 0.29) is 18.3 Å². The summed E-state index contributed by atoms with van der Waals surface area (Å²) in [6.45, 7) is 2.56. The number of phenols is 1. The van der Waals surface area contributed by atoms with Gasteiger partial charge in [-0.3, -0.25) is 14.4 Å². The number of hydrogen-bond donors (Lipinski definition) is 4. The molecule has 0 saturated heterocycles. The summed E-state index contributed by atoms with van der Waals surface area (Å²) in [5.41, 5.74) is 2.80. The first-order valence-electron chi connectivity index (χ1n) is 10.7. The fraction of sp³-hybridized carbons (Fsp3) is 0.636. The minimum absolute atomic E-state index is 0.0464. The second kappa shape index (κ2) is 15.8. The maximum absolute atomic E-state index is 11.8. The van der Waals surface area contributed by atoms with Crippen LogP contribution in [-0.2, 0) is 14.4 Å². The van der Waals surface area contributed by atoms with Gasteiger partial charge in [-0.1, -0.05) is 76.8 Å². The molecular formula is C22H36N2O5. The van der Waals surface area contributed by atoms with Crippen LogP contribution in [0.4, 0.5) is 0 Å². The van der Waals surface area contributed by atoms with Gasteiger partial charge in [0.25, 0.3) is 0 Å². The largest absolute Gasteiger partial charge is 0.508 e. The SMILES string of the molecule is CCCCCCCCCCCCNC(=O)CONC(C(=O)O)c1ccc(O)cc1. The third kappa shape index (κ3) is 12.1. The van der Waals surface area contributed by atoms with Gasteiger partial charge in [0, 0.05) is 6.54 Å². The predicted molar refractivity (Wildman–Crippen MR) is 112 cm³/mol. The number of amides is 1. The lowest BCUT2D eigenvalue weighted by atomic mass is 10.1. The lowest BCUT2D eigenvalue weighted by Gasteiger charge is -2.14. The Morgan fingerprint density at radius 3 is 2.03 bits per heavy atom. The van der Waals surface area contributed by atoms with Crippen LogP contribution in [0.15, 0.2) is 24.3 Å². The number of carbonyl (C=O) groups is 2. The molecule has 4 N–H and O–H groups in total. The molecule has 1 unspecified atom stereocenters. The van der Waals surface area contributed by atoms with Crippen molar-refractivity contribution in [2.75, 3.05) is 13.2 Å². The molecule has 164 valence electrons. The van der Waals surface area contributed by atoms with E-state index in [1.165, 1.54) is 75.6 Å². The van der Waals surface area contributed by atoms with Gasteiger partial charge in [-0.15, -0.1) is 0 Å². The molecule has 0 heterocycles. The summed E-state index contributed by atoms with van der Waals surface area (Å²) >= 11 is 0. The number of benzene rings is 1. The molecule has 0 spiro atoms. The molecular weight excluding hydrogens is 372 g/mol. The summed E-state index contributed by atoms with van der Waals surface area (Å²) < 4.78 is 0. The molecule has 7 nitrogen and oxygen atoms in total. The molecule has 1 rings (SSSR count). The van der Waals surface area contributed by atoms with Crippen LogP contribution in [0.25, 0.3) is 0 Å². The van der Waals surface area contributed by atoms with Gasteiger partial charge < -0.3 is 15.5 Å². The minimum atomic E-state index is -1.14. The molecule has 0 aliphatic heterocycles. The maximum Gasteiger partial charge on any atom is 0.327 e. The first-order valence-corrected chi connectivity index (χ1v) is 10.7. The van der Waals surface area contributed by atoms with E-state index in [4.69, 9.17) is 4.84 Å². The van der Waals surface area contributed by atoms with E-state index >= 15 is 0 Å². The third-order valence-electron chi connectivity index (χ3n) is 4.73. The molecule has 1 aromatic carbocycles. The molecule has 29 heavy (non-hydrogen) atoms. The molecule has 0 radical (unpaired) electrons. The minimum Gasteiger partial charge on any atom is -0.508 e. The van der Waals surface area contributed by atoms with Crippen LogP contribution in [-0.4, -0.2) is 35.2 Å². The summed E-state index contributed by atoms with van der Waals surface area (Å²) in [6.07, 6.45) is 12.4. The van der Waals surface area contributed by atoms with Gasteiger partial charge >= 0.3 is 5.97 Å². The van der Waals surface area contributed by atoms with Crippen LogP contribution in [0.2, 0.25) is 0 Å². The zero-order chi connectivity index (χ0) is 21.3. The first-order chi connectivity index (χ1) is 14.0. The summed E-state index contributed by atoms with van der Waals surface area (Å²) in [5, 5.41) is 21.3. The highest BCUT2D eigenvalue weighted by Crippen LogP contribution is 2.17. The van der Waals surface area contributed by atoms with Crippen LogP contribution in [0.3, 0.4) is 0 Å². The van der Waals surface area contributed by atoms with Crippen LogP contribution in [0.1, 0.15) is 82.7 Å². The summed E-state index contributed by atoms with van der Waals surface area (Å²) in [4.78, 5) is 28.2. The Morgan fingerprint density at radius 1 is 0.931 bits per heavy atom. The maximum atomic E-state index is 11.8. The number of aromatic hydroxyl groups is 1. The standard InChI is InChI=1S/C22H36N2O5/c1-2-3-4-5-6-7-8-9-10-11-16-23-20(26)17-29-24-21(22(27)28)18-12-14-19(25)15-13-18/h12-15,21,24-25H,2-11,16-17H2,1H3,(H,23,26)(H,27,28). The van der Waals surface area contributed by atoms with Crippen molar-refractivity contribution in [3.05, 3.63) is 29.8 Å². The fourth-order valence-electron chi connectivity index (χ4n) is 3.01. The number of hydrogen-bond acceptors (Lipinski definition) is 5. The fourth-order valence-corrected chi connectivity index (χ4v) is 3.01. The summed E-state index contributed by atoms with van der Waals surface area (Å²) in [6, 6.07) is 4.63. The van der Waals surface area contributed by atoms with Crippen LogP contribution in [0, 0.1) is 0 Å². The number of rotatable bonds is 17. The predicted octanol–water partition coefficient (Wildman–Crippen LogP) is 4.08. The van der Waals surface area contributed by atoms with Crippen molar-refractivity contribution in [3.63, 3.8) is 0 Å². The highest BCUT2D eigenvalue weighted by molar-refractivity contribution is 5.77. The Labute approximate surface area is 173 Å². The number of carbonyl (C=O) groups excluding carboxylic acids is 1.